The Morgan fingerprint density at radius 1 is 1.03 bits per heavy atom. The van der Waals surface area contributed by atoms with Gasteiger partial charge in [0.15, 0.2) is 0 Å². The Kier molecular flexibility index (Phi) is 7.66. The van der Waals surface area contributed by atoms with Gasteiger partial charge in [-0.3, -0.25) is 0 Å². The van der Waals surface area contributed by atoms with Gasteiger partial charge in [-0.1, -0.05) is 68.7 Å². The SMILES string of the molecule is CCC1=C(C(=O)OCC2CCCCC2)C(c2ccc(NCc3ccccc3)cc2)NC(=O)N1. The largest absolute Gasteiger partial charge is 0.462 e. The molecule has 1 fully saturated rings. The molecule has 2 aliphatic rings. The van der Waals surface area contributed by atoms with Crippen LogP contribution in [-0.4, -0.2) is 18.6 Å². The lowest BCUT2D eigenvalue weighted by Gasteiger charge is -2.30. The molecule has 1 aliphatic heterocycles. The standard InChI is InChI=1S/C27H33N3O3/c1-2-23-24(26(31)33-18-20-11-7-4-8-12-20)25(30-27(32)29-23)21-13-15-22(16-14-21)28-17-19-9-5-3-6-10-19/h3,5-6,9-10,13-16,20,25,28H,2,4,7-8,11-12,17-18H2,1H3,(H2,29,30,32). The number of carbonyl (C=O) groups excluding carboxylic acids is 2. The first-order valence-corrected chi connectivity index (χ1v) is 12.0. The second-order valence-corrected chi connectivity index (χ2v) is 8.84. The van der Waals surface area contributed by atoms with E-state index in [1.807, 2.05) is 49.4 Å². The Balaban J connectivity index is 1.47. The number of anilines is 1. The minimum absolute atomic E-state index is 0.299. The van der Waals surface area contributed by atoms with Crippen LogP contribution in [-0.2, 0) is 16.1 Å². The van der Waals surface area contributed by atoms with Gasteiger partial charge in [0.2, 0.25) is 0 Å². The number of rotatable bonds is 8. The van der Waals surface area contributed by atoms with E-state index in [9.17, 15) is 9.59 Å². The van der Waals surface area contributed by atoms with Crippen LogP contribution in [0.4, 0.5) is 10.5 Å². The summed E-state index contributed by atoms with van der Waals surface area (Å²) < 4.78 is 5.75. The smallest absolute Gasteiger partial charge is 0.338 e. The third kappa shape index (κ3) is 5.95. The van der Waals surface area contributed by atoms with Crippen molar-refractivity contribution in [1.82, 2.24) is 10.6 Å². The Bertz CT molecular complexity index is 979. The highest BCUT2D eigenvalue weighted by atomic mass is 16.5. The van der Waals surface area contributed by atoms with Gasteiger partial charge < -0.3 is 20.7 Å². The number of esters is 1. The van der Waals surface area contributed by atoms with E-state index < -0.39 is 6.04 Å². The topological polar surface area (TPSA) is 79.5 Å². The van der Waals surface area contributed by atoms with Crippen molar-refractivity contribution in [2.75, 3.05) is 11.9 Å². The molecule has 1 atom stereocenters. The Hall–Kier alpha value is -3.28. The second-order valence-electron chi connectivity index (χ2n) is 8.84. The number of ether oxygens (including phenoxy) is 1. The van der Waals surface area contributed by atoms with E-state index in [1.54, 1.807) is 0 Å². The number of benzene rings is 2. The van der Waals surface area contributed by atoms with Gasteiger partial charge in [0, 0.05) is 17.9 Å². The Morgan fingerprint density at radius 3 is 2.45 bits per heavy atom. The number of nitrogens with one attached hydrogen (secondary N) is 3. The molecule has 0 radical (unpaired) electrons. The molecule has 3 N–H and O–H groups in total. The summed E-state index contributed by atoms with van der Waals surface area (Å²) in [7, 11) is 0. The summed E-state index contributed by atoms with van der Waals surface area (Å²) in [6.45, 7) is 3.11. The summed E-state index contributed by atoms with van der Waals surface area (Å²) in [5.41, 5.74) is 4.15. The van der Waals surface area contributed by atoms with E-state index in [4.69, 9.17) is 4.74 Å². The van der Waals surface area contributed by atoms with Gasteiger partial charge in [-0.15, -0.1) is 0 Å². The zero-order valence-corrected chi connectivity index (χ0v) is 19.2. The van der Waals surface area contributed by atoms with Gasteiger partial charge in [-0.25, -0.2) is 9.59 Å². The van der Waals surface area contributed by atoms with Gasteiger partial charge in [-0.2, -0.15) is 0 Å². The predicted octanol–water partition coefficient (Wildman–Crippen LogP) is 5.44. The molecular formula is C27H33N3O3. The summed E-state index contributed by atoms with van der Waals surface area (Å²) in [6.07, 6.45) is 6.45. The van der Waals surface area contributed by atoms with E-state index in [0.717, 1.165) is 30.6 Å². The summed E-state index contributed by atoms with van der Waals surface area (Å²) >= 11 is 0. The molecule has 6 nitrogen and oxygen atoms in total. The number of carbonyl (C=O) groups is 2. The van der Waals surface area contributed by atoms with Crippen molar-refractivity contribution in [3.8, 4) is 0 Å². The van der Waals surface area contributed by atoms with E-state index in [0.29, 0.717) is 30.2 Å². The fourth-order valence-electron chi connectivity index (χ4n) is 4.61. The quantitative estimate of drug-likeness (QED) is 0.471. The zero-order valence-electron chi connectivity index (χ0n) is 19.2. The lowest BCUT2D eigenvalue weighted by atomic mass is 9.90. The van der Waals surface area contributed by atoms with Crippen molar-refractivity contribution in [1.29, 1.82) is 0 Å². The molecule has 0 aromatic heterocycles. The lowest BCUT2D eigenvalue weighted by molar-refractivity contribution is -0.141. The van der Waals surface area contributed by atoms with E-state index in [-0.39, 0.29) is 12.0 Å². The summed E-state index contributed by atoms with van der Waals surface area (Å²) in [5, 5.41) is 9.12. The van der Waals surface area contributed by atoms with Crippen LogP contribution >= 0.6 is 0 Å². The molecular weight excluding hydrogens is 414 g/mol. The first kappa shape index (κ1) is 22.9. The van der Waals surface area contributed by atoms with Crippen molar-refractivity contribution >= 4 is 17.7 Å². The van der Waals surface area contributed by atoms with Crippen molar-refractivity contribution < 1.29 is 14.3 Å². The van der Waals surface area contributed by atoms with Crippen LogP contribution in [0.2, 0.25) is 0 Å². The maximum atomic E-state index is 13.1. The first-order chi connectivity index (χ1) is 16.1. The highest BCUT2D eigenvalue weighted by Crippen LogP contribution is 2.31. The molecule has 0 saturated heterocycles. The average Bonchev–Trinajstić information content (AvgIpc) is 2.87. The van der Waals surface area contributed by atoms with Gasteiger partial charge in [0.1, 0.15) is 0 Å². The number of allylic oxidation sites excluding steroid dienone is 1. The van der Waals surface area contributed by atoms with Crippen LogP contribution in [0.15, 0.2) is 65.9 Å². The fraction of sp³-hybridized carbons (Fsp3) is 0.407. The zero-order chi connectivity index (χ0) is 23.0. The van der Waals surface area contributed by atoms with Crippen LogP contribution in [0.25, 0.3) is 0 Å². The molecule has 2 amide bonds. The normalized spacial score (nSPS) is 18.9. The number of urea groups is 1. The molecule has 1 saturated carbocycles. The number of hydrogen-bond donors (Lipinski definition) is 3. The van der Waals surface area contributed by atoms with Crippen LogP contribution in [0.1, 0.15) is 62.6 Å². The molecule has 1 heterocycles. The van der Waals surface area contributed by atoms with Gasteiger partial charge in [0.25, 0.3) is 0 Å². The maximum Gasteiger partial charge on any atom is 0.338 e. The molecule has 0 spiro atoms. The molecule has 4 rings (SSSR count). The van der Waals surface area contributed by atoms with E-state index in [1.165, 1.54) is 24.8 Å². The monoisotopic (exact) mass is 447 g/mol. The van der Waals surface area contributed by atoms with Crippen LogP contribution < -0.4 is 16.0 Å². The maximum absolute atomic E-state index is 13.1. The second kappa shape index (κ2) is 11.0. The molecule has 1 unspecified atom stereocenters. The highest BCUT2D eigenvalue weighted by molar-refractivity contribution is 5.95. The fourth-order valence-corrected chi connectivity index (χ4v) is 4.61. The van der Waals surface area contributed by atoms with Crippen molar-refractivity contribution in [3.63, 3.8) is 0 Å². The predicted molar refractivity (Wildman–Crippen MR) is 129 cm³/mol. The van der Waals surface area contributed by atoms with E-state index in [2.05, 4.69) is 28.1 Å². The molecule has 33 heavy (non-hydrogen) atoms. The summed E-state index contributed by atoms with van der Waals surface area (Å²) in [6, 6.07) is 17.2. The Morgan fingerprint density at radius 2 is 1.76 bits per heavy atom. The minimum Gasteiger partial charge on any atom is -0.462 e. The first-order valence-electron chi connectivity index (χ1n) is 12.0. The lowest BCUT2D eigenvalue weighted by Crippen LogP contribution is -2.46. The molecule has 1 aliphatic carbocycles. The van der Waals surface area contributed by atoms with Crippen molar-refractivity contribution in [3.05, 3.63) is 77.0 Å². The molecule has 0 bridgehead atoms. The summed E-state index contributed by atoms with van der Waals surface area (Å²) in [4.78, 5) is 25.4. The third-order valence-electron chi connectivity index (χ3n) is 6.49. The third-order valence-corrected chi connectivity index (χ3v) is 6.49. The minimum atomic E-state index is -0.532. The average molecular weight is 448 g/mol. The van der Waals surface area contributed by atoms with Gasteiger partial charge in [0.05, 0.1) is 18.2 Å². The van der Waals surface area contributed by atoms with Crippen LogP contribution in [0.5, 0.6) is 0 Å². The number of amides is 2. The van der Waals surface area contributed by atoms with Crippen LogP contribution in [0, 0.1) is 5.92 Å². The molecule has 6 heteroatoms. The molecule has 2 aromatic carbocycles. The van der Waals surface area contributed by atoms with Crippen molar-refractivity contribution in [2.24, 2.45) is 5.92 Å². The van der Waals surface area contributed by atoms with Gasteiger partial charge in [-0.05, 0) is 48.4 Å². The highest BCUT2D eigenvalue weighted by Gasteiger charge is 2.33. The summed E-state index contributed by atoms with van der Waals surface area (Å²) in [5.74, 6) is 0.0918. The molecule has 2 aromatic rings. The van der Waals surface area contributed by atoms with E-state index >= 15 is 0 Å². The van der Waals surface area contributed by atoms with Crippen molar-refractivity contribution in [2.45, 2.75) is 58.0 Å². The Labute approximate surface area is 195 Å². The van der Waals surface area contributed by atoms with Crippen LogP contribution in [0.3, 0.4) is 0 Å². The van der Waals surface area contributed by atoms with Gasteiger partial charge >= 0.3 is 12.0 Å². The molecule has 174 valence electrons. The number of hydrogen-bond acceptors (Lipinski definition) is 4.